The Morgan fingerprint density at radius 3 is 2.16 bits per heavy atom. The molecule has 4 aromatic carbocycles. The number of carbonyl (C=O) groups excluding carboxylic acids is 1. The number of benzene rings is 4. The number of ether oxygens (including phenoxy) is 2. The van der Waals surface area contributed by atoms with Gasteiger partial charge in [-0.15, -0.1) is 0 Å². The molecule has 0 fully saturated rings. The van der Waals surface area contributed by atoms with Crippen LogP contribution in [-0.4, -0.2) is 22.1 Å². The van der Waals surface area contributed by atoms with Gasteiger partial charge in [0.2, 0.25) is 0 Å². The normalized spacial score (nSPS) is 11.5. The summed E-state index contributed by atoms with van der Waals surface area (Å²) in [7, 11) is 0. The molecule has 0 radical (unpaired) electrons. The van der Waals surface area contributed by atoms with Gasteiger partial charge in [0.15, 0.2) is 0 Å². The summed E-state index contributed by atoms with van der Waals surface area (Å²) in [5.74, 6) is 1.27. The van der Waals surface area contributed by atoms with Gasteiger partial charge in [0.25, 0.3) is 0 Å². The van der Waals surface area contributed by atoms with Gasteiger partial charge in [0, 0.05) is 21.7 Å². The van der Waals surface area contributed by atoms with Gasteiger partial charge in [-0.25, -0.2) is 9.78 Å². The van der Waals surface area contributed by atoms with E-state index in [0.29, 0.717) is 45.9 Å². The maximum Gasteiger partial charge on any atom is 0.343 e. The molecular formula is C31H24Cl2N2O3. The molecule has 5 aromatic rings. The van der Waals surface area contributed by atoms with E-state index in [0.717, 1.165) is 16.8 Å². The molecule has 190 valence electrons. The molecule has 0 saturated heterocycles. The van der Waals surface area contributed by atoms with Crippen LogP contribution in [0, 0.1) is 6.92 Å². The number of hydrogen-bond donors (Lipinski definition) is 0. The average molecular weight is 543 g/mol. The van der Waals surface area contributed by atoms with Crippen molar-refractivity contribution < 1.29 is 14.3 Å². The molecule has 7 heteroatoms. The van der Waals surface area contributed by atoms with Crippen LogP contribution in [0.15, 0.2) is 97.1 Å². The van der Waals surface area contributed by atoms with E-state index in [1.807, 2.05) is 55.5 Å². The molecule has 0 unspecified atom stereocenters. The minimum Gasteiger partial charge on any atom is -0.492 e. The van der Waals surface area contributed by atoms with E-state index in [9.17, 15) is 4.79 Å². The van der Waals surface area contributed by atoms with Crippen molar-refractivity contribution in [3.05, 3.63) is 130 Å². The Balaban J connectivity index is 1.49. The van der Waals surface area contributed by atoms with Gasteiger partial charge in [0.1, 0.15) is 23.9 Å². The Morgan fingerprint density at radius 1 is 0.842 bits per heavy atom. The predicted octanol–water partition coefficient (Wildman–Crippen LogP) is 8.09. The topological polar surface area (TPSA) is 53.4 Å². The second kappa shape index (κ2) is 11.5. The number of hydrogen-bond acceptors (Lipinski definition) is 4. The Bertz CT molecular complexity index is 1590. The molecule has 0 amide bonds. The Kier molecular flexibility index (Phi) is 7.78. The number of carbonyl (C=O) groups is 1. The average Bonchev–Trinajstić information content (AvgIpc) is 3.27. The predicted molar refractivity (Wildman–Crippen MR) is 153 cm³/mol. The van der Waals surface area contributed by atoms with E-state index in [4.69, 9.17) is 37.7 Å². The number of aryl methyl sites for hydroxylation is 1. The number of esters is 1. The van der Waals surface area contributed by atoms with Crippen LogP contribution in [0.3, 0.4) is 0 Å². The van der Waals surface area contributed by atoms with Crippen LogP contribution < -0.4 is 4.74 Å². The van der Waals surface area contributed by atoms with Crippen molar-refractivity contribution in [3.63, 3.8) is 0 Å². The minimum absolute atomic E-state index is 0.345. The zero-order valence-electron chi connectivity index (χ0n) is 20.6. The van der Waals surface area contributed by atoms with Crippen molar-refractivity contribution in [2.45, 2.75) is 13.5 Å². The fraction of sp³-hybridized carbons (Fsp3) is 0.0968. The second-order valence-corrected chi connectivity index (χ2v) is 9.56. The maximum absolute atomic E-state index is 13.0. The molecule has 0 bridgehead atoms. The first-order chi connectivity index (χ1) is 18.5. The van der Waals surface area contributed by atoms with Crippen LogP contribution in [0.4, 0.5) is 0 Å². The number of nitrogens with zero attached hydrogens (tertiary/aromatic N) is 2. The van der Waals surface area contributed by atoms with Gasteiger partial charge in [-0.05, 0) is 79.7 Å². The summed E-state index contributed by atoms with van der Waals surface area (Å²) in [6, 6.07) is 29.5. The Morgan fingerprint density at radius 2 is 1.47 bits per heavy atom. The smallest absolute Gasteiger partial charge is 0.343 e. The van der Waals surface area contributed by atoms with Gasteiger partial charge in [-0.3, -0.25) is 0 Å². The fourth-order valence-corrected chi connectivity index (χ4v) is 4.23. The summed E-state index contributed by atoms with van der Waals surface area (Å²) in [6.07, 6.45) is 1.77. The highest BCUT2D eigenvalue weighted by atomic mass is 35.5. The van der Waals surface area contributed by atoms with Crippen LogP contribution in [-0.2, 0) is 11.3 Å². The number of para-hydroxylation sites is 2. The molecule has 0 aliphatic carbocycles. The van der Waals surface area contributed by atoms with E-state index in [1.54, 1.807) is 54.6 Å². The molecule has 1 heterocycles. The third kappa shape index (κ3) is 6.08. The van der Waals surface area contributed by atoms with Crippen molar-refractivity contribution in [2.75, 3.05) is 6.61 Å². The second-order valence-electron chi connectivity index (χ2n) is 8.68. The minimum atomic E-state index is -0.506. The van der Waals surface area contributed by atoms with Crippen LogP contribution in [0.5, 0.6) is 5.75 Å². The van der Waals surface area contributed by atoms with Crippen molar-refractivity contribution >= 4 is 52.0 Å². The first kappa shape index (κ1) is 25.6. The molecule has 0 spiro atoms. The zero-order valence-corrected chi connectivity index (χ0v) is 22.1. The summed E-state index contributed by atoms with van der Waals surface area (Å²) < 4.78 is 13.9. The number of aromatic nitrogens is 2. The van der Waals surface area contributed by atoms with Gasteiger partial charge < -0.3 is 14.0 Å². The van der Waals surface area contributed by atoms with Crippen LogP contribution in [0.25, 0.3) is 22.9 Å². The third-order valence-electron chi connectivity index (χ3n) is 5.96. The lowest BCUT2D eigenvalue weighted by Crippen LogP contribution is -2.10. The van der Waals surface area contributed by atoms with Crippen LogP contribution in [0.2, 0.25) is 10.0 Å². The van der Waals surface area contributed by atoms with Crippen molar-refractivity contribution in [1.29, 1.82) is 0 Å². The number of halogens is 2. The number of fused-ring (bicyclic) bond motifs is 1. The van der Waals surface area contributed by atoms with E-state index in [1.165, 1.54) is 5.56 Å². The van der Waals surface area contributed by atoms with Crippen LogP contribution >= 0.6 is 23.2 Å². The highest BCUT2D eigenvalue weighted by Gasteiger charge is 2.16. The monoisotopic (exact) mass is 542 g/mol. The molecule has 0 aliphatic heterocycles. The van der Waals surface area contributed by atoms with Crippen LogP contribution in [0.1, 0.15) is 27.3 Å². The largest absolute Gasteiger partial charge is 0.492 e. The lowest BCUT2D eigenvalue weighted by molar-refractivity contribution is 0.0693. The molecule has 5 nitrogen and oxygen atoms in total. The Hall–Kier alpha value is -4.06. The van der Waals surface area contributed by atoms with E-state index in [-0.39, 0.29) is 0 Å². The lowest BCUT2D eigenvalue weighted by atomic mass is 10.1. The molecule has 0 aliphatic rings. The summed E-state index contributed by atoms with van der Waals surface area (Å²) in [5, 5.41) is 1.12. The molecule has 1 aromatic heterocycles. The van der Waals surface area contributed by atoms with Gasteiger partial charge in [-0.1, -0.05) is 53.0 Å². The summed E-state index contributed by atoms with van der Waals surface area (Å²) in [5.41, 5.74) is 4.02. The fourth-order valence-electron chi connectivity index (χ4n) is 3.98. The summed E-state index contributed by atoms with van der Waals surface area (Å²) in [4.78, 5) is 17.8. The molecular weight excluding hydrogens is 519 g/mol. The van der Waals surface area contributed by atoms with E-state index >= 15 is 0 Å². The Labute approximate surface area is 230 Å². The molecule has 5 rings (SSSR count). The summed E-state index contributed by atoms with van der Waals surface area (Å²) >= 11 is 12.1. The highest BCUT2D eigenvalue weighted by molar-refractivity contribution is 6.31. The zero-order chi connectivity index (χ0) is 26.5. The molecule has 0 N–H and O–H groups in total. The van der Waals surface area contributed by atoms with Gasteiger partial charge >= 0.3 is 5.97 Å². The first-order valence-electron chi connectivity index (χ1n) is 12.1. The molecule has 0 atom stereocenters. The maximum atomic E-state index is 13.0. The number of rotatable bonds is 8. The van der Waals surface area contributed by atoms with E-state index < -0.39 is 5.97 Å². The van der Waals surface area contributed by atoms with Crippen molar-refractivity contribution in [1.82, 2.24) is 9.55 Å². The van der Waals surface area contributed by atoms with Gasteiger partial charge in [-0.2, -0.15) is 0 Å². The molecule has 38 heavy (non-hydrogen) atoms. The van der Waals surface area contributed by atoms with E-state index in [2.05, 4.69) is 4.57 Å². The highest BCUT2D eigenvalue weighted by Crippen LogP contribution is 2.26. The summed E-state index contributed by atoms with van der Waals surface area (Å²) in [6.45, 7) is 3.02. The van der Waals surface area contributed by atoms with Crippen molar-refractivity contribution in [3.8, 4) is 5.75 Å². The number of imidazole rings is 1. The lowest BCUT2D eigenvalue weighted by Gasteiger charge is -2.12. The third-order valence-corrected chi connectivity index (χ3v) is 6.46. The quantitative estimate of drug-likeness (QED) is 0.147. The molecule has 0 saturated carbocycles. The van der Waals surface area contributed by atoms with Gasteiger partial charge in [0.05, 0.1) is 23.1 Å². The standard InChI is InChI=1S/C31H24Cl2N2O3/c1-21-6-16-26(17-7-21)37-19-18-35-28-5-3-2-4-27(28)34-30(35)20-29(22-8-12-24(32)13-9-22)38-31(36)23-10-14-25(33)15-11-23/h2-17,20H,18-19H2,1H3/b29-20+. The first-order valence-corrected chi connectivity index (χ1v) is 12.8. The SMILES string of the molecule is Cc1ccc(OCCn2c(/C=C(/OC(=O)c3ccc(Cl)cc3)c3ccc(Cl)cc3)nc3ccccc32)cc1. The van der Waals surface area contributed by atoms with Crippen molar-refractivity contribution in [2.24, 2.45) is 0 Å².